The maximum atomic E-state index is 12.8. The van der Waals surface area contributed by atoms with Gasteiger partial charge < -0.3 is 28.5 Å². The summed E-state index contributed by atoms with van der Waals surface area (Å²) >= 11 is 0. The molecule has 0 radical (unpaired) electrons. The van der Waals surface area contributed by atoms with E-state index in [0.717, 1.165) is 13.0 Å². The van der Waals surface area contributed by atoms with Gasteiger partial charge in [0.15, 0.2) is 17.3 Å². The Balaban J connectivity index is 1.75. The summed E-state index contributed by atoms with van der Waals surface area (Å²) in [5.74, 6) is -0.507. The Morgan fingerprint density at radius 3 is 2.32 bits per heavy atom. The lowest BCUT2D eigenvalue weighted by atomic mass is 9.91. The van der Waals surface area contributed by atoms with E-state index in [1.165, 1.54) is 45.6 Å². The number of esters is 1. The first kappa shape index (κ1) is 26.1. The molecule has 0 aliphatic carbocycles. The third kappa shape index (κ3) is 5.56. The summed E-state index contributed by atoms with van der Waals surface area (Å²) in [4.78, 5) is 27.4. The predicted molar refractivity (Wildman–Crippen MR) is 135 cm³/mol. The van der Waals surface area contributed by atoms with Gasteiger partial charge in [0.2, 0.25) is 16.9 Å². The average molecular weight is 510 g/mol. The van der Waals surface area contributed by atoms with Crippen LogP contribution in [-0.4, -0.2) is 51.0 Å². The van der Waals surface area contributed by atoms with Gasteiger partial charge in [-0.25, -0.2) is 0 Å². The van der Waals surface area contributed by atoms with Gasteiger partial charge in [-0.15, -0.1) is 0 Å². The smallest absolute Gasteiger partial charge is 0.306 e. The van der Waals surface area contributed by atoms with Crippen molar-refractivity contribution in [3.63, 3.8) is 0 Å². The first-order valence-corrected chi connectivity index (χ1v) is 11.9. The molecule has 0 bridgehead atoms. The zero-order valence-electron chi connectivity index (χ0n) is 21.4. The van der Waals surface area contributed by atoms with Crippen molar-refractivity contribution in [1.29, 1.82) is 0 Å². The quantitative estimate of drug-likeness (QED) is 0.433. The van der Waals surface area contributed by atoms with Crippen LogP contribution in [0.3, 0.4) is 0 Å². The van der Waals surface area contributed by atoms with E-state index in [2.05, 4.69) is 17.0 Å². The number of methoxy groups -OCH3 is 4. The van der Waals surface area contributed by atoms with E-state index in [4.69, 9.17) is 23.4 Å². The summed E-state index contributed by atoms with van der Waals surface area (Å²) in [6.07, 6.45) is 0.702. The fraction of sp³-hybridized carbons (Fsp3) is 0.357. The van der Waals surface area contributed by atoms with Crippen molar-refractivity contribution in [3.8, 4) is 23.0 Å². The topological polar surface area (TPSA) is 108 Å². The number of benzene rings is 2. The lowest BCUT2D eigenvalue weighted by Crippen LogP contribution is -2.30. The number of aromatic hydroxyl groups is 1. The second kappa shape index (κ2) is 11.4. The minimum atomic E-state index is -0.851. The molecule has 1 aromatic heterocycles. The molecule has 9 nitrogen and oxygen atoms in total. The van der Waals surface area contributed by atoms with Gasteiger partial charge in [-0.3, -0.25) is 14.5 Å². The third-order valence-corrected chi connectivity index (χ3v) is 6.59. The van der Waals surface area contributed by atoms with Crippen LogP contribution in [-0.2, 0) is 29.0 Å². The third-order valence-electron chi connectivity index (χ3n) is 6.59. The van der Waals surface area contributed by atoms with Gasteiger partial charge in [-0.1, -0.05) is 24.3 Å². The van der Waals surface area contributed by atoms with Gasteiger partial charge in [0, 0.05) is 19.2 Å². The van der Waals surface area contributed by atoms with Gasteiger partial charge >= 0.3 is 5.97 Å². The number of rotatable bonds is 9. The highest BCUT2D eigenvalue weighted by Crippen LogP contribution is 2.43. The van der Waals surface area contributed by atoms with E-state index >= 15 is 0 Å². The van der Waals surface area contributed by atoms with Crippen molar-refractivity contribution < 1.29 is 33.3 Å². The fourth-order valence-electron chi connectivity index (χ4n) is 4.69. The highest BCUT2D eigenvalue weighted by atomic mass is 16.5. The van der Waals surface area contributed by atoms with Crippen molar-refractivity contribution in [3.05, 3.63) is 80.9 Å². The van der Waals surface area contributed by atoms with Crippen molar-refractivity contribution >= 4 is 5.97 Å². The molecule has 0 spiro atoms. The maximum absolute atomic E-state index is 12.8. The van der Waals surface area contributed by atoms with E-state index in [9.17, 15) is 14.7 Å². The van der Waals surface area contributed by atoms with Crippen molar-refractivity contribution in [2.24, 2.45) is 0 Å². The van der Waals surface area contributed by atoms with Crippen LogP contribution in [0.5, 0.6) is 23.0 Å². The van der Waals surface area contributed by atoms with Crippen LogP contribution in [0.1, 0.15) is 40.5 Å². The van der Waals surface area contributed by atoms with Crippen LogP contribution in [0.25, 0.3) is 0 Å². The Hall–Kier alpha value is -3.98. The van der Waals surface area contributed by atoms with E-state index in [0.29, 0.717) is 41.7 Å². The van der Waals surface area contributed by atoms with E-state index in [1.807, 2.05) is 12.1 Å². The minimum Gasteiger partial charge on any atom is -0.502 e. The summed E-state index contributed by atoms with van der Waals surface area (Å²) in [6, 6.07) is 12.9. The van der Waals surface area contributed by atoms with Gasteiger partial charge in [0.05, 0.1) is 47.3 Å². The Morgan fingerprint density at radius 1 is 1.03 bits per heavy atom. The van der Waals surface area contributed by atoms with E-state index in [1.54, 1.807) is 12.1 Å². The van der Waals surface area contributed by atoms with Crippen molar-refractivity contribution in [2.45, 2.75) is 31.8 Å². The molecule has 1 aliphatic heterocycles. The number of ether oxygens (including phenoxy) is 4. The number of carbonyl (C=O) groups is 1. The highest BCUT2D eigenvalue weighted by Gasteiger charge is 2.29. The van der Waals surface area contributed by atoms with Gasteiger partial charge in [0.25, 0.3) is 0 Å². The molecule has 0 amide bonds. The number of carbonyl (C=O) groups excluding carboxylic acids is 1. The first-order chi connectivity index (χ1) is 17.9. The number of fused-ring (bicyclic) bond motifs is 1. The molecule has 0 fully saturated rings. The molecule has 3 aromatic rings. The lowest BCUT2D eigenvalue weighted by molar-refractivity contribution is -0.140. The molecule has 0 saturated heterocycles. The summed E-state index contributed by atoms with van der Waals surface area (Å²) in [6.45, 7) is 1.89. The van der Waals surface area contributed by atoms with Crippen LogP contribution in [0, 0.1) is 0 Å². The minimum absolute atomic E-state index is 0.0282. The maximum Gasteiger partial charge on any atom is 0.306 e. The van der Waals surface area contributed by atoms with Crippen LogP contribution >= 0.6 is 0 Å². The van der Waals surface area contributed by atoms with E-state index in [-0.39, 0.29) is 12.2 Å². The zero-order chi connectivity index (χ0) is 26.5. The summed E-state index contributed by atoms with van der Waals surface area (Å²) < 4.78 is 27.4. The van der Waals surface area contributed by atoms with Gasteiger partial charge in [-0.2, -0.15) is 0 Å². The molecule has 37 heavy (non-hydrogen) atoms. The number of hydrogen-bond donors (Lipinski definition) is 1. The van der Waals surface area contributed by atoms with Gasteiger partial charge in [0.1, 0.15) is 5.76 Å². The highest BCUT2D eigenvalue weighted by molar-refractivity contribution is 5.71. The van der Waals surface area contributed by atoms with E-state index < -0.39 is 23.1 Å². The molecule has 196 valence electrons. The molecule has 0 saturated carbocycles. The van der Waals surface area contributed by atoms with Crippen molar-refractivity contribution in [2.75, 3.05) is 35.0 Å². The Labute approximate surface area is 215 Å². The lowest BCUT2D eigenvalue weighted by Gasteiger charge is -2.28. The monoisotopic (exact) mass is 509 g/mol. The molecule has 2 aromatic carbocycles. The van der Waals surface area contributed by atoms with Crippen molar-refractivity contribution in [1.82, 2.24) is 4.90 Å². The Kier molecular flexibility index (Phi) is 8.03. The second-order valence-electron chi connectivity index (χ2n) is 8.81. The SMILES string of the molecule is COC(=O)C[C@@H](c1cc(OC)c(OC)c(OC)c1)c1oc(CN2CCc3ccccc3C2)cc(=O)c1O. The van der Waals surface area contributed by atoms with Crippen LogP contribution in [0.4, 0.5) is 0 Å². The molecule has 1 atom stereocenters. The number of nitrogens with zero attached hydrogens (tertiary/aromatic N) is 1. The molecular weight excluding hydrogens is 478 g/mol. The largest absolute Gasteiger partial charge is 0.502 e. The van der Waals surface area contributed by atoms with Crippen LogP contribution in [0.2, 0.25) is 0 Å². The molecule has 0 unspecified atom stereocenters. The summed E-state index contributed by atoms with van der Waals surface area (Å²) in [5, 5.41) is 10.8. The summed E-state index contributed by atoms with van der Waals surface area (Å²) in [7, 11) is 5.71. The Morgan fingerprint density at radius 2 is 1.70 bits per heavy atom. The molecule has 1 N–H and O–H groups in total. The molecule has 1 aliphatic rings. The first-order valence-electron chi connectivity index (χ1n) is 11.9. The fourth-order valence-corrected chi connectivity index (χ4v) is 4.69. The standard InChI is InChI=1S/C28H31NO8/c1-33-23-11-19(12-24(34-2)28(23)36-4)21(14-25(31)35-3)27-26(32)22(30)13-20(37-27)16-29-10-9-17-7-5-6-8-18(17)15-29/h5-8,11-13,21,32H,9-10,14-16H2,1-4H3/t21-/m0/s1. The number of hydrogen-bond acceptors (Lipinski definition) is 9. The molecule has 2 heterocycles. The van der Waals surface area contributed by atoms with Gasteiger partial charge in [-0.05, 0) is 35.2 Å². The normalized spacial score (nSPS) is 13.9. The molecular formula is C28H31NO8. The molecule has 9 heteroatoms. The summed E-state index contributed by atoms with van der Waals surface area (Å²) in [5.41, 5.74) is 2.47. The van der Waals surface area contributed by atoms with Crippen LogP contribution < -0.4 is 19.6 Å². The average Bonchev–Trinajstić information content (AvgIpc) is 2.92. The predicted octanol–water partition coefficient (Wildman–Crippen LogP) is 3.62. The van der Waals surface area contributed by atoms with Crippen LogP contribution in [0.15, 0.2) is 51.7 Å². The zero-order valence-corrected chi connectivity index (χ0v) is 21.4. The molecule has 4 rings (SSSR count). The second-order valence-corrected chi connectivity index (χ2v) is 8.81. The Bertz CT molecular complexity index is 1310.